The van der Waals surface area contributed by atoms with Crippen molar-refractivity contribution in [3.05, 3.63) is 42.6 Å². The van der Waals surface area contributed by atoms with Crippen LogP contribution in [-0.4, -0.2) is 50.5 Å². The van der Waals surface area contributed by atoms with E-state index in [-0.39, 0.29) is 30.6 Å². The normalized spacial score (nSPS) is 10.7. The largest absolute Gasteiger partial charge is 0.465 e. The summed E-state index contributed by atoms with van der Waals surface area (Å²) < 4.78 is 19.4. The van der Waals surface area contributed by atoms with Gasteiger partial charge in [-0.2, -0.15) is 5.10 Å². The zero-order chi connectivity index (χ0) is 19.2. The van der Waals surface area contributed by atoms with Crippen LogP contribution in [0.15, 0.2) is 41.8 Å². The lowest BCUT2D eigenvalue weighted by molar-refractivity contribution is -0.143. The van der Waals surface area contributed by atoms with Gasteiger partial charge in [0.1, 0.15) is 23.7 Å². The van der Waals surface area contributed by atoms with Crippen LogP contribution in [0.5, 0.6) is 0 Å². The van der Waals surface area contributed by atoms with Crippen molar-refractivity contribution in [2.24, 2.45) is 0 Å². The highest BCUT2D eigenvalue weighted by atomic mass is 32.2. The first-order valence-electron chi connectivity index (χ1n) is 8.08. The number of rotatable bonds is 7. The minimum atomic E-state index is -0.485. The number of fused-ring (bicyclic) bond motifs is 1. The van der Waals surface area contributed by atoms with Crippen molar-refractivity contribution in [3.63, 3.8) is 0 Å². The number of ether oxygens (including phenoxy) is 1. The van der Waals surface area contributed by atoms with Crippen molar-refractivity contribution in [1.82, 2.24) is 25.1 Å². The maximum atomic E-state index is 13.1. The van der Waals surface area contributed by atoms with E-state index in [4.69, 9.17) is 4.74 Å². The number of aromatic nitrogens is 4. The van der Waals surface area contributed by atoms with Crippen molar-refractivity contribution in [3.8, 4) is 5.69 Å². The Hall–Kier alpha value is -3.01. The van der Waals surface area contributed by atoms with Gasteiger partial charge < -0.3 is 10.1 Å². The summed E-state index contributed by atoms with van der Waals surface area (Å²) in [7, 11) is 0. The second kappa shape index (κ2) is 8.58. The molecule has 0 unspecified atom stereocenters. The highest BCUT2D eigenvalue weighted by Crippen LogP contribution is 2.25. The van der Waals surface area contributed by atoms with Gasteiger partial charge >= 0.3 is 5.97 Å². The topological polar surface area (TPSA) is 99.0 Å². The van der Waals surface area contributed by atoms with E-state index in [0.29, 0.717) is 21.7 Å². The smallest absolute Gasteiger partial charge is 0.325 e. The molecular formula is C17H16FN5O3S. The summed E-state index contributed by atoms with van der Waals surface area (Å²) in [4.78, 5) is 31.6. The number of esters is 1. The molecule has 0 aliphatic rings. The number of hydrogen-bond donors (Lipinski definition) is 1. The predicted molar refractivity (Wildman–Crippen MR) is 97.0 cm³/mol. The summed E-state index contributed by atoms with van der Waals surface area (Å²) in [5, 5.41) is 8.02. The minimum Gasteiger partial charge on any atom is -0.465 e. The molecule has 1 amide bonds. The van der Waals surface area contributed by atoms with Gasteiger partial charge in [0, 0.05) is 0 Å². The Morgan fingerprint density at radius 3 is 2.78 bits per heavy atom. The summed E-state index contributed by atoms with van der Waals surface area (Å²) >= 11 is 1.21. The average molecular weight is 389 g/mol. The molecule has 1 N–H and O–H groups in total. The quantitative estimate of drug-likeness (QED) is 0.373. The number of amides is 1. The molecule has 0 bridgehead atoms. The third-order valence-corrected chi connectivity index (χ3v) is 4.48. The fourth-order valence-corrected chi connectivity index (χ4v) is 3.07. The van der Waals surface area contributed by atoms with Crippen LogP contribution in [0.1, 0.15) is 6.92 Å². The molecule has 0 spiro atoms. The molecule has 2 aromatic heterocycles. The Bertz CT molecular complexity index is 961. The number of carbonyl (C=O) groups is 2. The zero-order valence-electron chi connectivity index (χ0n) is 14.4. The maximum Gasteiger partial charge on any atom is 0.325 e. The van der Waals surface area contributed by atoms with Crippen LogP contribution in [0.3, 0.4) is 0 Å². The van der Waals surface area contributed by atoms with Gasteiger partial charge in [-0.15, -0.1) is 0 Å². The molecule has 0 atom stereocenters. The molecule has 27 heavy (non-hydrogen) atoms. The van der Waals surface area contributed by atoms with Crippen molar-refractivity contribution < 1.29 is 18.7 Å². The van der Waals surface area contributed by atoms with E-state index >= 15 is 0 Å². The summed E-state index contributed by atoms with van der Waals surface area (Å²) in [6, 6.07) is 5.88. The van der Waals surface area contributed by atoms with Crippen LogP contribution in [-0.2, 0) is 14.3 Å². The zero-order valence-corrected chi connectivity index (χ0v) is 15.2. The van der Waals surface area contributed by atoms with E-state index < -0.39 is 5.97 Å². The molecule has 0 fully saturated rings. The van der Waals surface area contributed by atoms with Gasteiger partial charge in [0.05, 0.1) is 29.6 Å². The van der Waals surface area contributed by atoms with E-state index in [1.807, 2.05) is 0 Å². The number of nitrogens with zero attached hydrogens (tertiary/aromatic N) is 4. The average Bonchev–Trinajstić information content (AvgIpc) is 3.10. The van der Waals surface area contributed by atoms with Gasteiger partial charge in [0.25, 0.3) is 0 Å². The number of hydrogen-bond acceptors (Lipinski definition) is 7. The molecule has 0 aliphatic carbocycles. The first kappa shape index (κ1) is 18.8. The molecule has 10 heteroatoms. The Kier molecular flexibility index (Phi) is 5.97. The Labute approximate surface area is 158 Å². The molecule has 140 valence electrons. The summed E-state index contributed by atoms with van der Waals surface area (Å²) in [6.45, 7) is 1.79. The van der Waals surface area contributed by atoms with Gasteiger partial charge in [0.15, 0.2) is 5.65 Å². The van der Waals surface area contributed by atoms with Crippen LogP contribution in [0, 0.1) is 5.82 Å². The fourth-order valence-electron chi connectivity index (χ4n) is 2.28. The Morgan fingerprint density at radius 2 is 2.04 bits per heavy atom. The van der Waals surface area contributed by atoms with E-state index in [1.54, 1.807) is 29.9 Å². The molecule has 1 aromatic carbocycles. The van der Waals surface area contributed by atoms with Gasteiger partial charge in [-0.05, 0) is 31.2 Å². The van der Waals surface area contributed by atoms with E-state index in [1.165, 1.54) is 30.2 Å². The highest BCUT2D eigenvalue weighted by molar-refractivity contribution is 8.00. The summed E-state index contributed by atoms with van der Waals surface area (Å²) in [5.41, 5.74) is 1.21. The number of benzene rings is 1. The fraction of sp³-hybridized carbons (Fsp3) is 0.235. The first-order valence-corrected chi connectivity index (χ1v) is 9.07. The van der Waals surface area contributed by atoms with Crippen molar-refractivity contribution >= 4 is 34.7 Å². The number of nitrogens with one attached hydrogen (secondary N) is 1. The monoisotopic (exact) mass is 389 g/mol. The number of halogens is 1. The Morgan fingerprint density at radius 1 is 1.26 bits per heavy atom. The van der Waals surface area contributed by atoms with Crippen LogP contribution >= 0.6 is 11.8 Å². The first-order chi connectivity index (χ1) is 13.1. The van der Waals surface area contributed by atoms with E-state index in [2.05, 4.69) is 20.4 Å². The molecule has 0 saturated heterocycles. The number of thioether (sulfide) groups is 1. The molecular weight excluding hydrogens is 373 g/mol. The third-order valence-electron chi connectivity index (χ3n) is 3.48. The van der Waals surface area contributed by atoms with Gasteiger partial charge in [-0.3, -0.25) is 9.59 Å². The van der Waals surface area contributed by atoms with Crippen molar-refractivity contribution in [2.75, 3.05) is 18.9 Å². The maximum absolute atomic E-state index is 13.1. The van der Waals surface area contributed by atoms with Crippen LogP contribution in [0.2, 0.25) is 0 Å². The lowest BCUT2D eigenvalue weighted by Gasteiger charge is -2.05. The van der Waals surface area contributed by atoms with Crippen LogP contribution in [0.4, 0.5) is 4.39 Å². The SMILES string of the molecule is CCOC(=O)CNC(=O)CSc1ncnc2c1cnn2-c1ccc(F)cc1. The Balaban J connectivity index is 1.70. The molecule has 3 rings (SSSR count). The van der Waals surface area contributed by atoms with E-state index in [9.17, 15) is 14.0 Å². The van der Waals surface area contributed by atoms with Gasteiger partial charge in [-0.1, -0.05) is 11.8 Å². The third kappa shape index (κ3) is 4.59. The van der Waals surface area contributed by atoms with Gasteiger partial charge in [-0.25, -0.2) is 19.0 Å². The molecule has 2 heterocycles. The number of carbonyl (C=O) groups excluding carboxylic acids is 2. The van der Waals surface area contributed by atoms with E-state index in [0.717, 1.165) is 0 Å². The molecule has 0 saturated carbocycles. The predicted octanol–water partition coefficient (Wildman–Crippen LogP) is 1.73. The second-order valence-corrected chi connectivity index (χ2v) is 6.28. The van der Waals surface area contributed by atoms with Crippen LogP contribution in [0.25, 0.3) is 16.7 Å². The lowest BCUT2D eigenvalue weighted by Crippen LogP contribution is -2.31. The standard InChI is InChI=1S/C17H16FN5O3S/c1-2-26-15(25)8-19-14(24)9-27-17-13-7-22-23(16(13)20-10-21-17)12-5-3-11(18)4-6-12/h3-7,10H,2,8-9H2,1H3,(H,19,24). The second-order valence-electron chi connectivity index (χ2n) is 5.32. The highest BCUT2D eigenvalue weighted by Gasteiger charge is 2.13. The summed E-state index contributed by atoms with van der Waals surface area (Å²) in [5.74, 6) is -1.06. The minimum absolute atomic E-state index is 0.0766. The summed E-state index contributed by atoms with van der Waals surface area (Å²) in [6.07, 6.45) is 2.97. The molecule has 3 aromatic rings. The molecule has 0 radical (unpaired) electrons. The van der Waals surface area contributed by atoms with Crippen LogP contribution < -0.4 is 5.32 Å². The van der Waals surface area contributed by atoms with Gasteiger partial charge in [0.2, 0.25) is 5.91 Å². The van der Waals surface area contributed by atoms with Crippen molar-refractivity contribution in [2.45, 2.75) is 11.9 Å². The van der Waals surface area contributed by atoms with Crippen molar-refractivity contribution in [1.29, 1.82) is 0 Å². The lowest BCUT2D eigenvalue weighted by atomic mass is 10.3. The molecule has 8 nitrogen and oxygen atoms in total. The molecule has 0 aliphatic heterocycles.